The fraction of sp³-hybridized carbons (Fsp3) is 0.100. The van der Waals surface area contributed by atoms with Crippen molar-refractivity contribution in [3.63, 3.8) is 0 Å². The van der Waals surface area contributed by atoms with E-state index in [0.717, 1.165) is 23.3 Å². The van der Waals surface area contributed by atoms with Crippen LogP contribution in [0, 0.1) is 5.82 Å². The number of benzene rings is 3. The molecular formula is C20H19FN2O2S. The van der Waals surface area contributed by atoms with Gasteiger partial charge < -0.3 is 5.73 Å². The number of nitrogens with one attached hydrogen (secondary N) is 1. The highest BCUT2D eigenvalue weighted by Gasteiger charge is 2.27. The van der Waals surface area contributed by atoms with Gasteiger partial charge in [-0.1, -0.05) is 60.7 Å². The lowest BCUT2D eigenvalue weighted by Crippen LogP contribution is -2.36. The molecule has 3 N–H and O–H groups in total. The Labute approximate surface area is 152 Å². The Morgan fingerprint density at radius 2 is 1.27 bits per heavy atom. The molecule has 0 aliphatic carbocycles. The Balaban J connectivity index is 1.97. The van der Waals surface area contributed by atoms with Gasteiger partial charge in [0.15, 0.2) is 0 Å². The summed E-state index contributed by atoms with van der Waals surface area (Å²) in [6, 6.07) is 21.9. The highest BCUT2D eigenvalue weighted by molar-refractivity contribution is 7.89. The second-order valence-corrected chi connectivity index (χ2v) is 7.61. The van der Waals surface area contributed by atoms with E-state index in [-0.39, 0.29) is 4.90 Å². The smallest absolute Gasteiger partial charge is 0.241 e. The van der Waals surface area contributed by atoms with Crippen LogP contribution in [0.5, 0.6) is 0 Å². The summed E-state index contributed by atoms with van der Waals surface area (Å²) < 4.78 is 41.3. The lowest BCUT2D eigenvalue weighted by molar-refractivity contribution is 0.504. The molecule has 134 valence electrons. The van der Waals surface area contributed by atoms with Gasteiger partial charge in [0.2, 0.25) is 10.0 Å². The van der Waals surface area contributed by atoms with Crippen molar-refractivity contribution in [2.24, 2.45) is 5.73 Å². The van der Waals surface area contributed by atoms with E-state index in [4.69, 9.17) is 5.73 Å². The maximum atomic E-state index is 13.1. The molecule has 26 heavy (non-hydrogen) atoms. The lowest BCUT2D eigenvalue weighted by Gasteiger charge is -2.26. The van der Waals surface area contributed by atoms with Crippen LogP contribution >= 0.6 is 0 Å². The SMILES string of the molecule is NC(c1ccccc1)[C@H](NS(=O)(=O)c1ccc(F)cc1)c1ccccc1. The highest BCUT2D eigenvalue weighted by atomic mass is 32.2. The Morgan fingerprint density at radius 3 is 1.81 bits per heavy atom. The second-order valence-electron chi connectivity index (χ2n) is 5.90. The number of rotatable bonds is 6. The minimum Gasteiger partial charge on any atom is -0.322 e. The van der Waals surface area contributed by atoms with Crippen LogP contribution in [0.1, 0.15) is 23.2 Å². The van der Waals surface area contributed by atoms with E-state index < -0.39 is 27.9 Å². The molecule has 0 heterocycles. The van der Waals surface area contributed by atoms with Gasteiger partial charge in [0.1, 0.15) is 5.82 Å². The van der Waals surface area contributed by atoms with E-state index in [0.29, 0.717) is 0 Å². The van der Waals surface area contributed by atoms with Gasteiger partial charge in [-0.15, -0.1) is 0 Å². The van der Waals surface area contributed by atoms with Crippen LogP contribution in [0.2, 0.25) is 0 Å². The lowest BCUT2D eigenvalue weighted by atomic mass is 9.95. The Kier molecular flexibility index (Phi) is 5.46. The molecule has 0 saturated carbocycles. The minimum atomic E-state index is -3.87. The number of hydrogen-bond donors (Lipinski definition) is 2. The molecule has 0 fully saturated rings. The van der Waals surface area contributed by atoms with Crippen molar-refractivity contribution in [1.82, 2.24) is 4.72 Å². The Morgan fingerprint density at radius 1 is 0.769 bits per heavy atom. The van der Waals surface area contributed by atoms with Crippen molar-refractivity contribution in [3.05, 3.63) is 102 Å². The van der Waals surface area contributed by atoms with Crippen LogP contribution < -0.4 is 10.5 Å². The monoisotopic (exact) mass is 370 g/mol. The van der Waals surface area contributed by atoms with Gasteiger partial charge in [0.25, 0.3) is 0 Å². The molecule has 0 bridgehead atoms. The number of sulfonamides is 1. The van der Waals surface area contributed by atoms with Gasteiger partial charge in [0, 0.05) is 0 Å². The zero-order chi connectivity index (χ0) is 18.6. The summed E-state index contributed by atoms with van der Waals surface area (Å²) >= 11 is 0. The van der Waals surface area contributed by atoms with E-state index in [1.54, 1.807) is 0 Å². The van der Waals surface area contributed by atoms with Crippen LogP contribution in [-0.2, 0) is 10.0 Å². The van der Waals surface area contributed by atoms with Crippen molar-refractivity contribution in [3.8, 4) is 0 Å². The van der Waals surface area contributed by atoms with Crippen molar-refractivity contribution in [2.75, 3.05) is 0 Å². The summed E-state index contributed by atoms with van der Waals surface area (Å²) in [5, 5.41) is 0. The molecule has 0 radical (unpaired) electrons. The number of nitrogens with two attached hydrogens (primary N) is 1. The van der Waals surface area contributed by atoms with Gasteiger partial charge >= 0.3 is 0 Å². The molecule has 6 heteroatoms. The molecular weight excluding hydrogens is 351 g/mol. The fourth-order valence-corrected chi connectivity index (χ4v) is 3.97. The summed E-state index contributed by atoms with van der Waals surface area (Å²) in [5.41, 5.74) is 7.95. The molecule has 4 nitrogen and oxygen atoms in total. The molecule has 0 saturated heterocycles. The van der Waals surface area contributed by atoms with Gasteiger partial charge in [-0.05, 0) is 35.4 Å². The second kappa shape index (κ2) is 7.78. The first-order chi connectivity index (χ1) is 12.5. The van der Waals surface area contributed by atoms with Crippen LogP contribution in [0.25, 0.3) is 0 Å². The first-order valence-corrected chi connectivity index (χ1v) is 9.59. The maximum Gasteiger partial charge on any atom is 0.241 e. The number of hydrogen-bond acceptors (Lipinski definition) is 3. The van der Waals surface area contributed by atoms with Gasteiger partial charge in [0.05, 0.1) is 17.0 Å². The van der Waals surface area contributed by atoms with Crippen molar-refractivity contribution in [1.29, 1.82) is 0 Å². The summed E-state index contributed by atoms with van der Waals surface area (Å²) in [7, 11) is -3.87. The van der Waals surface area contributed by atoms with Crippen molar-refractivity contribution in [2.45, 2.75) is 17.0 Å². The molecule has 0 aliphatic rings. The molecule has 2 atom stereocenters. The summed E-state index contributed by atoms with van der Waals surface area (Å²) in [6.45, 7) is 0. The largest absolute Gasteiger partial charge is 0.322 e. The van der Waals surface area contributed by atoms with E-state index in [9.17, 15) is 12.8 Å². The van der Waals surface area contributed by atoms with E-state index >= 15 is 0 Å². The zero-order valence-corrected chi connectivity index (χ0v) is 14.7. The fourth-order valence-electron chi connectivity index (χ4n) is 2.73. The minimum absolute atomic E-state index is 0.0138. The predicted molar refractivity (Wildman–Crippen MR) is 99.3 cm³/mol. The van der Waals surface area contributed by atoms with Crippen molar-refractivity contribution < 1.29 is 12.8 Å². The average Bonchev–Trinajstić information content (AvgIpc) is 2.67. The third-order valence-electron chi connectivity index (χ3n) is 4.11. The maximum absolute atomic E-state index is 13.1. The van der Waals surface area contributed by atoms with Crippen molar-refractivity contribution >= 4 is 10.0 Å². The molecule has 3 aromatic carbocycles. The van der Waals surface area contributed by atoms with Crippen LogP contribution in [0.3, 0.4) is 0 Å². The zero-order valence-electron chi connectivity index (χ0n) is 13.9. The third-order valence-corrected chi connectivity index (χ3v) is 5.57. The van der Waals surface area contributed by atoms with Gasteiger partial charge in [-0.3, -0.25) is 0 Å². The topological polar surface area (TPSA) is 72.2 Å². The molecule has 1 unspecified atom stereocenters. The Bertz CT molecular complexity index is 946. The Hall–Kier alpha value is -2.54. The summed E-state index contributed by atoms with van der Waals surface area (Å²) in [4.78, 5) is -0.0138. The number of halogens is 1. The predicted octanol–water partition coefficient (Wildman–Crippen LogP) is 3.55. The van der Waals surface area contributed by atoms with Gasteiger partial charge in [-0.25, -0.2) is 17.5 Å². The molecule has 0 amide bonds. The van der Waals surface area contributed by atoms with E-state index in [2.05, 4.69) is 4.72 Å². The van der Waals surface area contributed by atoms with E-state index in [1.165, 1.54) is 12.1 Å². The summed E-state index contributed by atoms with van der Waals surface area (Å²) in [5.74, 6) is -0.496. The van der Waals surface area contributed by atoms with Gasteiger partial charge in [-0.2, -0.15) is 0 Å². The van der Waals surface area contributed by atoms with Crippen LogP contribution in [0.4, 0.5) is 4.39 Å². The van der Waals surface area contributed by atoms with E-state index in [1.807, 2.05) is 60.7 Å². The first kappa shape index (κ1) is 18.3. The first-order valence-electron chi connectivity index (χ1n) is 8.11. The quantitative estimate of drug-likeness (QED) is 0.697. The molecule has 3 rings (SSSR count). The third kappa shape index (κ3) is 4.16. The molecule has 0 aliphatic heterocycles. The standard InChI is InChI=1S/C20H19FN2O2S/c21-17-11-13-18(14-12-17)26(24,25)23-20(16-9-5-2-6-10-16)19(22)15-7-3-1-4-8-15/h1-14,19-20,23H,22H2/t19?,20-/m1/s1. The molecule has 0 aromatic heterocycles. The van der Waals surface area contributed by atoms with Crippen LogP contribution in [-0.4, -0.2) is 8.42 Å². The molecule has 3 aromatic rings. The molecule has 0 spiro atoms. The average molecular weight is 370 g/mol. The van der Waals surface area contributed by atoms with Crippen LogP contribution in [0.15, 0.2) is 89.8 Å². The normalized spacial score (nSPS) is 13.9. The highest BCUT2D eigenvalue weighted by Crippen LogP contribution is 2.28. The summed E-state index contributed by atoms with van der Waals surface area (Å²) in [6.07, 6.45) is 0.